The number of nitrogens with one attached hydrogen (secondary N) is 1. The molecule has 0 aliphatic heterocycles. The zero-order valence-corrected chi connectivity index (χ0v) is 13.2. The molecule has 0 spiro atoms. The van der Waals surface area contributed by atoms with Gasteiger partial charge in [-0.25, -0.2) is 0 Å². The van der Waals surface area contributed by atoms with E-state index in [4.69, 9.17) is 0 Å². The first kappa shape index (κ1) is 14.2. The Labute approximate surface area is 112 Å². The molecule has 1 heterocycles. The van der Waals surface area contributed by atoms with Crippen LogP contribution in [0.1, 0.15) is 45.7 Å². The highest BCUT2D eigenvalue weighted by molar-refractivity contribution is 9.10. The molecule has 0 bridgehead atoms. The van der Waals surface area contributed by atoms with Crippen LogP contribution in [0.4, 0.5) is 0 Å². The summed E-state index contributed by atoms with van der Waals surface area (Å²) in [5, 5.41) is 7.82. The van der Waals surface area contributed by atoms with Gasteiger partial charge in [0.1, 0.15) is 0 Å². The molecule has 1 nitrogen and oxygen atoms in total. The smallest absolute Gasteiger partial charge is 0.0339 e. The van der Waals surface area contributed by atoms with Crippen molar-refractivity contribution in [3.05, 3.63) is 20.8 Å². The highest BCUT2D eigenvalue weighted by atomic mass is 79.9. The van der Waals surface area contributed by atoms with Gasteiger partial charge in [-0.1, -0.05) is 27.7 Å². The fourth-order valence-electron chi connectivity index (χ4n) is 1.65. The van der Waals surface area contributed by atoms with E-state index in [1.165, 1.54) is 16.5 Å². The lowest BCUT2D eigenvalue weighted by Crippen LogP contribution is -2.25. The number of hydrogen-bond donors (Lipinski definition) is 1. The Morgan fingerprint density at radius 1 is 1.38 bits per heavy atom. The van der Waals surface area contributed by atoms with Crippen molar-refractivity contribution in [1.82, 2.24) is 5.32 Å². The van der Waals surface area contributed by atoms with Crippen molar-refractivity contribution in [3.8, 4) is 0 Å². The predicted molar refractivity (Wildman–Crippen MR) is 77.1 cm³/mol. The topological polar surface area (TPSA) is 12.0 Å². The van der Waals surface area contributed by atoms with E-state index in [9.17, 15) is 0 Å². The lowest BCUT2D eigenvalue weighted by atomic mass is 9.78. The van der Waals surface area contributed by atoms with Crippen molar-refractivity contribution in [1.29, 1.82) is 0 Å². The Hall–Kier alpha value is 0.140. The van der Waals surface area contributed by atoms with Crippen molar-refractivity contribution >= 4 is 27.3 Å². The molecule has 0 saturated heterocycles. The summed E-state index contributed by atoms with van der Waals surface area (Å²) < 4.78 is 1.23. The Morgan fingerprint density at radius 2 is 2.00 bits per heavy atom. The van der Waals surface area contributed by atoms with Gasteiger partial charge < -0.3 is 5.32 Å². The molecule has 1 N–H and O–H groups in total. The molecular formula is C13H22BrNS. The Kier molecular flexibility index (Phi) is 5.02. The highest BCUT2D eigenvalue weighted by Gasteiger charge is 2.24. The molecule has 3 heteroatoms. The summed E-state index contributed by atoms with van der Waals surface area (Å²) in [5.74, 6) is 0.691. The maximum atomic E-state index is 3.62. The van der Waals surface area contributed by atoms with Crippen molar-refractivity contribution in [3.63, 3.8) is 0 Å². The predicted octanol–water partition coefficient (Wildman–Crippen LogP) is 4.84. The van der Waals surface area contributed by atoms with Gasteiger partial charge in [-0.3, -0.25) is 0 Å². The van der Waals surface area contributed by atoms with Gasteiger partial charge in [0.05, 0.1) is 0 Å². The van der Waals surface area contributed by atoms with Crippen LogP contribution in [0.2, 0.25) is 0 Å². The van der Waals surface area contributed by atoms with Crippen LogP contribution in [0.15, 0.2) is 15.2 Å². The SMILES string of the molecule is CNC(CC(C)C(C)(C)C)c1cscc1Br. The van der Waals surface area contributed by atoms with E-state index in [1.54, 1.807) is 11.3 Å². The van der Waals surface area contributed by atoms with E-state index in [2.05, 4.69) is 59.7 Å². The van der Waals surface area contributed by atoms with Crippen molar-refractivity contribution in [2.75, 3.05) is 7.05 Å². The average molecular weight is 304 g/mol. The van der Waals surface area contributed by atoms with E-state index in [-0.39, 0.29) is 0 Å². The Bertz CT molecular complexity index is 327. The molecule has 0 amide bonds. The molecule has 1 aromatic rings. The second-order valence-electron chi connectivity index (χ2n) is 5.52. The summed E-state index contributed by atoms with van der Waals surface area (Å²) >= 11 is 5.38. The van der Waals surface area contributed by atoms with Crippen LogP contribution in [0.3, 0.4) is 0 Å². The molecule has 0 saturated carbocycles. The maximum absolute atomic E-state index is 3.62. The maximum Gasteiger partial charge on any atom is 0.0339 e. The first-order chi connectivity index (χ1) is 7.36. The minimum Gasteiger partial charge on any atom is -0.313 e. The second kappa shape index (κ2) is 5.65. The minimum atomic E-state index is 0.373. The summed E-state index contributed by atoms with van der Waals surface area (Å²) in [5.41, 5.74) is 1.76. The number of thiophene rings is 1. The molecule has 0 aliphatic carbocycles. The number of rotatable bonds is 4. The van der Waals surface area contributed by atoms with E-state index in [0.717, 1.165) is 0 Å². The van der Waals surface area contributed by atoms with Crippen LogP contribution in [0.5, 0.6) is 0 Å². The van der Waals surface area contributed by atoms with Crippen molar-refractivity contribution in [2.24, 2.45) is 11.3 Å². The summed E-state index contributed by atoms with van der Waals surface area (Å²) in [6, 6.07) is 0.454. The standard InChI is InChI=1S/C13H22BrNS/c1-9(13(2,3)4)6-12(15-5)10-7-16-8-11(10)14/h7-9,12,15H,6H2,1-5H3. The van der Waals surface area contributed by atoms with Crippen LogP contribution in [0.25, 0.3) is 0 Å². The van der Waals surface area contributed by atoms with Gasteiger partial charge in [0.25, 0.3) is 0 Å². The van der Waals surface area contributed by atoms with E-state index >= 15 is 0 Å². The normalized spacial score (nSPS) is 16.1. The monoisotopic (exact) mass is 303 g/mol. The van der Waals surface area contributed by atoms with Crippen LogP contribution >= 0.6 is 27.3 Å². The third-order valence-electron chi connectivity index (χ3n) is 3.43. The van der Waals surface area contributed by atoms with Gasteiger partial charge in [-0.05, 0) is 51.7 Å². The molecule has 0 fully saturated rings. The number of hydrogen-bond acceptors (Lipinski definition) is 2. The second-order valence-corrected chi connectivity index (χ2v) is 7.12. The van der Waals surface area contributed by atoms with E-state index in [0.29, 0.717) is 17.4 Å². The molecule has 2 atom stereocenters. The summed E-state index contributed by atoms with van der Waals surface area (Å²) in [4.78, 5) is 0. The van der Waals surface area contributed by atoms with Crippen LogP contribution in [-0.2, 0) is 0 Å². The van der Waals surface area contributed by atoms with Crippen molar-refractivity contribution in [2.45, 2.75) is 40.2 Å². The molecule has 0 aliphatic rings. The first-order valence-corrected chi connectivity index (χ1v) is 7.48. The van der Waals surface area contributed by atoms with Gasteiger partial charge in [-0.15, -0.1) is 0 Å². The van der Waals surface area contributed by atoms with Crippen molar-refractivity contribution < 1.29 is 0 Å². The molecule has 1 aromatic heterocycles. The Balaban J connectivity index is 2.74. The Morgan fingerprint density at radius 3 is 2.38 bits per heavy atom. The van der Waals surface area contributed by atoms with Gasteiger partial charge in [0, 0.05) is 15.9 Å². The molecule has 1 rings (SSSR count). The quantitative estimate of drug-likeness (QED) is 0.839. The van der Waals surface area contributed by atoms with E-state index in [1.807, 2.05) is 7.05 Å². The largest absolute Gasteiger partial charge is 0.313 e. The summed E-state index contributed by atoms with van der Waals surface area (Å²) in [6.07, 6.45) is 1.18. The third kappa shape index (κ3) is 3.57. The van der Waals surface area contributed by atoms with Crippen LogP contribution in [0, 0.1) is 11.3 Å². The molecule has 0 aromatic carbocycles. The lowest BCUT2D eigenvalue weighted by molar-refractivity contribution is 0.226. The van der Waals surface area contributed by atoms with Gasteiger partial charge in [0.15, 0.2) is 0 Å². The minimum absolute atomic E-state index is 0.373. The molecule has 16 heavy (non-hydrogen) atoms. The lowest BCUT2D eigenvalue weighted by Gasteiger charge is -2.30. The fraction of sp³-hybridized carbons (Fsp3) is 0.692. The summed E-state index contributed by atoms with van der Waals surface area (Å²) in [7, 11) is 2.05. The number of halogens is 1. The zero-order valence-electron chi connectivity index (χ0n) is 10.8. The molecule has 2 unspecified atom stereocenters. The highest BCUT2D eigenvalue weighted by Crippen LogP contribution is 2.36. The van der Waals surface area contributed by atoms with Crippen LogP contribution < -0.4 is 5.32 Å². The summed E-state index contributed by atoms with van der Waals surface area (Å²) in [6.45, 7) is 9.28. The zero-order chi connectivity index (χ0) is 12.3. The fourth-order valence-corrected chi connectivity index (χ4v) is 3.27. The first-order valence-electron chi connectivity index (χ1n) is 5.75. The third-order valence-corrected chi connectivity index (χ3v) is 5.19. The molecule has 0 radical (unpaired) electrons. The van der Waals surface area contributed by atoms with E-state index < -0.39 is 0 Å². The molecule has 92 valence electrons. The van der Waals surface area contributed by atoms with Gasteiger partial charge in [0.2, 0.25) is 0 Å². The average Bonchev–Trinajstić information content (AvgIpc) is 2.59. The van der Waals surface area contributed by atoms with Crippen LogP contribution in [-0.4, -0.2) is 7.05 Å². The molecular weight excluding hydrogens is 282 g/mol. The van der Waals surface area contributed by atoms with Gasteiger partial charge in [-0.2, -0.15) is 11.3 Å². The van der Waals surface area contributed by atoms with Gasteiger partial charge >= 0.3 is 0 Å².